The van der Waals surface area contributed by atoms with Crippen LogP contribution in [0.2, 0.25) is 0 Å². The molecule has 0 heterocycles. The van der Waals surface area contributed by atoms with Crippen LogP contribution < -0.4 is 27.4 Å². The topological polar surface area (TPSA) is 186 Å². The van der Waals surface area contributed by atoms with E-state index in [1.54, 1.807) is 12.9 Å². The van der Waals surface area contributed by atoms with Gasteiger partial charge in [-0.3, -0.25) is 14.4 Å². The van der Waals surface area contributed by atoms with Crippen molar-refractivity contribution < 1.29 is 19.2 Å². The Morgan fingerprint density at radius 3 is 1.90 bits per heavy atom. The Morgan fingerprint density at radius 2 is 1.48 bits per heavy atom. The molecular formula is C18H32N6O5. The zero-order valence-corrected chi connectivity index (χ0v) is 17.2. The molecule has 0 radical (unpaired) electrons. The molecule has 3 atom stereocenters. The fourth-order valence-electron chi connectivity index (χ4n) is 2.48. The molecule has 0 aromatic carbocycles. The van der Waals surface area contributed by atoms with E-state index in [4.69, 9.17) is 11.5 Å². The lowest BCUT2D eigenvalue weighted by molar-refractivity contribution is -0.132. The third kappa shape index (κ3) is 9.93. The van der Waals surface area contributed by atoms with E-state index in [0.717, 1.165) is 0 Å². The van der Waals surface area contributed by atoms with Crippen molar-refractivity contribution in [2.45, 2.75) is 64.6 Å². The standard InChI is InChI=1S/C18H32N6O5/c1-4-12(10-25)21-16(26)13(5-7-19)22-17(27)14(6-8-20)23-18(28)15(24-29)9-11(2)3/h11,13-15H,4-9,19-20H2,1-3H3,(H,21,26)(H,22,27)(H,23,28)/t13-,14-,15-/m0/s1. The Kier molecular flexibility index (Phi) is 13.1. The summed E-state index contributed by atoms with van der Waals surface area (Å²) in [5.74, 6) is -0.280. The molecule has 0 aliphatic carbocycles. The van der Waals surface area contributed by atoms with Gasteiger partial charge in [0.2, 0.25) is 17.7 Å². The van der Waals surface area contributed by atoms with Crippen LogP contribution in [0.5, 0.6) is 0 Å². The van der Waals surface area contributed by atoms with E-state index in [-0.39, 0.29) is 50.4 Å². The number of carbonyl (C=O) groups is 3. The van der Waals surface area contributed by atoms with Crippen LogP contribution in [0.25, 0.3) is 0 Å². The van der Waals surface area contributed by atoms with Gasteiger partial charge in [0.25, 0.3) is 0 Å². The van der Waals surface area contributed by atoms with Crippen LogP contribution in [0.1, 0.15) is 46.5 Å². The van der Waals surface area contributed by atoms with Gasteiger partial charge in [-0.25, -0.2) is 4.79 Å². The number of carbonyl (C=O) groups excluding carboxylic acids is 4. The number of amides is 3. The maximum atomic E-state index is 12.6. The number of allylic oxidation sites excluding steroid dienone is 1. The molecule has 0 bridgehead atoms. The predicted octanol–water partition coefficient (Wildman–Crippen LogP) is -0.924. The average Bonchev–Trinajstić information content (AvgIpc) is 2.68. The number of hydrogen-bond donors (Lipinski definition) is 5. The molecule has 0 aliphatic heterocycles. The Hall–Kier alpha value is -2.62. The Morgan fingerprint density at radius 1 is 0.966 bits per heavy atom. The van der Waals surface area contributed by atoms with Crippen LogP contribution in [-0.2, 0) is 19.2 Å². The van der Waals surface area contributed by atoms with Crippen LogP contribution in [0.15, 0.2) is 10.9 Å². The molecule has 29 heavy (non-hydrogen) atoms. The van der Waals surface area contributed by atoms with Crippen molar-refractivity contribution in [3.05, 3.63) is 10.6 Å². The molecule has 0 rings (SSSR count). The molecule has 0 aliphatic rings. The van der Waals surface area contributed by atoms with Crippen molar-refractivity contribution in [3.8, 4) is 0 Å². The molecule has 0 aromatic rings. The molecule has 0 unspecified atom stereocenters. The molecule has 0 fully saturated rings. The van der Waals surface area contributed by atoms with Crippen LogP contribution in [0.3, 0.4) is 0 Å². The minimum atomic E-state index is -1.13. The lowest BCUT2D eigenvalue weighted by Gasteiger charge is -2.23. The van der Waals surface area contributed by atoms with Crippen LogP contribution in [0.4, 0.5) is 0 Å². The highest BCUT2D eigenvalue weighted by Crippen LogP contribution is 2.09. The summed E-state index contributed by atoms with van der Waals surface area (Å²) in [4.78, 5) is 59.0. The molecule has 164 valence electrons. The summed E-state index contributed by atoms with van der Waals surface area (Å²) >= 11 is 0. The van der Waals surface area contributed by atoms with Gasteiger partial charge in [0, 0.05) is 0 Å². The summed E-state index contributed by atoms with van der Waals surface area (Å²) < 4.78 is 0. The average molecular weight is 412 g/mol. The van der Waals surface area contributed by atoms with Gasteiger partial charge >= 0.3 is 0 Å². The summed E-state index contributed by atoms with van der Waals surface area (Å²) in [5, 5.41) is 10.2. The Labute approximate surface area is 170 Å². The number of rotatable bonds is 14. The molecule has 7 N–H and O–H groups in total. The quantitative estimate of drug-likeness (QED) is 0.180. The van der Waals surface area contributed by atoms with Crippen molar-refractivity contribution in [1.29, 1.82) is 0 Å². The molecule has 11 heteroatoms. The van der Waals surface area contributed by atoms with Gasteiger partial charge in [0.05, 0.1) is 0 Å². The van der Waals surface area contributed by atoms with Gasteiger partial charge in [0.15, 0.2) is 6.04 Å². The third-order valence-electron chi connectivity index (χ3n) is 4.05. The lowest BCUT2D eigenvalue weighted by Crippen LogP contribution is -2.55. The minimum Gasteiger partial charge on any atom is -0.342 e. The van der Waals surface area contributed by atoms with Gasteiger partial charge in [0.1, 0.15) is 23.7 Å². The molecule has 0 saturated carbocycles. The van der Waals surface area contributed by atoms with Gasteiger partial charge < -0.3 is 27.4 Å². The Bertz CT molecular complexity index is 618. The normalized spacial score (nSPS) is 13.6. The maximum Gasteiger partial charge on any atom is 0.249 e. The first-order chi connectivity index (χ1) is 13.7. The predicted molar refractivity (Wildman–Crippen MR) is 108 cm³/mol. The van der Waals surface area contributed by atoms with E-state index in [1.165, 1.54) is 0 Å². The van der Waals surface area contributed by atoms with E-state index < -0.39 is 35.8 Å². The second kappa shape index (κ2) is 14.4. The van der Waals surface area contributed by atoms with E-state index in [0.29, 0.717) is 0 Å². The van der Waals surface area contributed by atoms with E-state index >= 15 is 0 Å². The highest BCUT2D eigenvalue weighted by atomic mass is 16.3. The van der Waals surface area contributed by atoms with E-state index in [2.05, 4.69) is 21.1 Å². The van der Waals surface area contributed by atoms with E-state index in [9.17, 15) is 24.1 Å². The molecular weight excluding hydrogens is 380 g/mol. The smallest absolute Gasteiger partial charge is 0.249 e. The molecule has 0 spiro atoms. The highest BCUT2D eigenvalue weighted by molar-refractivity contribution is 5.93. The van der Waals surface area contributed by atoms with Crippen molar-refractivity contribution in [2.24, 2.45) is 22.6 Å². The van der Waals surface area contributed by atoms with Crippen molar-refractivity contribution >= 4 is 23.7 Å². The summed E-state index contributed by atoms with van der Waals surface area (Å²) in [6.45, 7) is 5.53. The number of nitrogens with one attached hydrogen (secondary N) is 3. The van der Waals surface area contributed by atoms with Crippen LogP contribution in [0, 0.1) is 10.8 Å². The first-order valence-corrected chi connectivity index (χ1v) is 9.62. The molecule has 3 amide bonds. The zero-order valence-electron chi connectivity index (χ0n) is 17.2. The highest BCUT2D eigenvalue weighted by Gasteiger charge is 2.29. The number of nitrogens with zero attached hydrogens (tertiary/aromatic N) is 1. The van der Waals surface area contributed by atoms with Gasteiger partial charge in [-0.2, -0.15) is 0 Å². The number of hydrogen-bond acceptors (Lipinski definition) is 8. The lowest BCUT2D eigenvalue weighted by atomic mass is 10.0. The second-order valence-electron chi connectivity index (χ2n) is 6.95. The van der Waals surface area contributed by atoms with Crippen molar-refractivity contribution in [2.75, 3.05) is 13.1 Å². The second-order valence-corrected chi connectivity index (χ2v) is 6.95. The van der Waals surface area contributed by atoms with Crippen LogP contribution in [-0.4, -0.2) is 54.9 Å². The zero-order chi connectivity index (χ0) is 22.4. The first-order valence-electron chi connectivity index (χ1n) is 9.62. The van der Waals surface area contributed by atoms with Crippen molar-refractivity contribution in [1.82, 2.24) is 16.0 Å². The maximum absolute atomic E-state index is 12.6. The molecule has 0 aromatic heterocycles. The Balaban J connectivity index is 5.23. The van der Waals surface area contributed by atoms with Gasteiger partial charge in [-0.05, 0) is 44.7 Å². The summed E-state index contributed by atoms with van der Waals surface area (Å²) in [5.41, 5.74) is 11.1. The monoisotopic (exact) mass is 412 g/mol. The molecule has 0 saturated heterocycles. The summed E-state index contributed by atoms with van der Waals surface area (Å²) in [6.07, 6.45) is 0.710. The van der Waals surface area contributed by atoms with E-state index in [1.807, 2.05) is 13.8 Å². The SMILES string of the molecule is CCC(=C=O)NC(=O)[C@H](CCN)NC(=O)[C@H](CCN)NC(=O)[C@H](CC(C)C)N=O. The van der Waals surface area contributed by atoms with Crippen LogP contribution >= 0.6 is 0 Å². The van der Waals surface area contributed by atoms with Crippen molar-refractivity contribution in [3.63, 3.8) is 0 Å². The minimum absolute atomic E-state index is 0.0478. The first kappa shape index (κ1) is 26.4. The van der Waals surface area contributed by atoms with Gasteiger partial charge in [-0.15, -0.1) is 4.91 Å². The fraction of sp³-hybridized carbons (Fsp3) is 0.722. The van der Waals surface area contributed by atoms with Gasteiger partial charge in [-0.1, -0.05) is 25.9 Å². The summed E-state index contributed by atoms with van der Waals surface area (Å²) in [6, 6.07) is -3.20. The summed E-state index contributed by atoms with van der Waals surface area (Å²) in [7, 11) is 0. The largest absolute Gasteiger partial charge is 0.342 e. The number of nitrogens with two attached hydrogens (primary N) is 2. The third-order valence-corrected chi connectivity index (χ3v) is 4.05. The molecule has 11 nitrogen and oxygen atoms in total. The number of nitroso groups, excluding NO2 is 1. The fourth-order valence-corrected chi connectivity index (χ4v) is 2.48.